The molecule has 0 radical (unpaired) electrons. The number of ether oxygens (including phenoxy) is 2. The van der Waals surface area contributed by atoms with Gasteiger partial charge in [0.25, 0.3) is 15.9 Å². The minimum Gasteiger partial charge on any atom is -0.476 e. The van der Waals surface area contributed by atoms with E-state index >= 15 is 0 Å². The Morgan fingerprint density at radius 3 is 2.32 bits per heavy atom. The molecule has 0 atom stereocenters. The van der Waals surface area contributed by atoms with Crippen LogP contribution < -0.4 is 24.4 Å². The van der Waals surface area contributed by atoms with Crippen LogP contribution in [0.1, 0.15) is 21.5 Å². The van der Waals surface area contributed by atoms with Crippen LogP contribution in [0.4, 0.5) is 11.4 Å². The van der Waals surface area contributed by atoms with Crippen molar-refractivity contribution in [2.24, 2.45) is 0 Å². The second-order valence-electron chi connectivity index (χ2n) is 13.4. The molecule has 0 spiro atoms. The van der Waals surface area contributed by atoms with Crippen molar-refractivity contribution < 1.29 is 22.7 Å². The Labute approximate surface area is 332 Å². The van der Waals surface area contributed by atoms with Gasteiger partial charge < -0.3 is 19.7 Å². The van der Waals surface area contributed by atoms with Crippen molar-refractivity contribution in [2.75, 3.05) is 49.5 Å². The number of benzene rings is 5. The molecule has 286 valence electrons. The first-order valence-corrected chi connectivity index (χ1v) is 20.2. The molecule has 0 aliphatic carbocycles. The summed E-state index contributed by atoms with van der Waals surface area (Å²) in [6, 6.07) is 40.9. The van der Waals surface area contributed by atoms with E-state index in [1.54, 1.807) is 43.5 Å². The minimum atomic E-state index is -4.22. The quantitative estimate of drug-likeness (QED) is 0.105. The summed E-state index contributed by atoms with van der Waals surface area (Å²) >= 11 is 6.15. The van der Waals surface area contributed by atoms with Crippen LogP contribution in [0.3, 0.4) is 0 Å². The SMILES string of the molecule is Cc1cc(S(=O)(=O)NC(=O)c2ccc(N3CCN(Cc4ccccc4-c4ccc(Cl)cc4)CC3)cc2Oc2ccccc2)ccc1NCCOc1ccccn1. The van der Waals surface area contributed by atoms with Crippen molar-refractivity contribution in [3.05, 3.63) is 161 Å². The summed E-state index contributed by atoms with van der Waals surface area (Å²) in [5, 5.41) is 3.96. The Morgan fingerprint density at radius 2 is 1.57 bits per heavy atom. The lowest BCUT2D eigenvalue weighted by atomic mass is 9.99. The molecule has 0 saturated carbocycles. The van der Waals surface area contributed by atoms with Crippen LogP contribution >= 0.6 is 11.6 Å². The highest BCUT2D eigenvalue weighted by Crippen LogP contribution is 2.32. The molecular weight excluding hydrogens is 746 g/mol. The summed E-state index contributed by atoms with van der Waals surface area (Å²) in [6.45, 7) is 6.64. The molecule has 6 aromatic rings. The van der Waals surface area contributed by atoms with E-state index in [9.17, 15) is 13.2 Å². The van der Waals surface area contributed by atoms with Crippen LogP contribution in [0.25, 0.3) is 11.1 Å². The highest BCUT2D eigenvalue weighted by Gasteiger charge is 2.25. The van der Waals surface area contributed by atoms with Gasteiger partial charge in [0.2, 0.25) is 5.88 Å². The van der Waals surface area contributed by atoms with Gasteiger partial charge >= 0.3 is 0 Å². The topological polar surface area (TPSA) is 113 Å². The lowest BCUT2D eigenvalue weighted by molar-refractivity contribution is 0.0979. The summed E-state index contributed by atoms with van der Waals surface area (Å²) in [7, 11) is -4.22. The van der Waals surface area contributed by atoms with E-state index in [-0.39, 0.29) is 16.2 Å². The molecule has 0 unspecified atom stereocenters. The van der Waals surface area contributed by atoms with E-state index in [0.29, 0.717) is 35.4 Å². The van der Waals surface area contributed by atoms with Gasteiger partial charge in [-0.2, -0.15) is 0 Å². The smallest absolute Gasteiger partial charge is 0.268 e. The zero-order valence-corrected chi connectivity index (χ0v) is 32.5. The Balaban J connectivity index is 1.02. The number of carbonyl (C=O) groups excluding carboxylic acids is 1. The third-order valence-electron chi connectivity index (χ3n) is 9.53. The lowest BCUT2D eigenvalue weighted by Crippen LogP contribution is -2.46. The van der Waals surface area contributed by atoms with Crippen molar-refractivity contribution in [3.8, 4) is 28.5 Å². The minimum absolute atomic E-state index is 0.0329. The number of para-hydroxylation sites is 1. The second-order valence-corrected chi connectivity index (χ2v) is 15.5. The fraction of sp³-hybridized carbons (Fsp3) is 0.182. The van der Waals surface area contributed by atoms with E-state index in [2.05, 4.69) is 49.1 Å². The summed E-state index contributed by atoms with van der Waals surface area (Å²) in [5.74, 6) is 0.509. The third kappa shape index (κ3) is 9.67. The van der Waals surface area contributed by atoms with Gasteiger partial charge in [-0.15, -0.1) is 0 Å². The van der Waals surface area contributed by atoms with Crippen LogP contribution in [0.5, 0.6) is 17.4 Å². The Bertz CT molecular complexity index is 2370. The number of hydrogen-bond acceptors (Lipinski definition) is 9. The van der Waals surface area contributed by atoms with Gasteiger partial charge in [0, 0.05) is 74.0 Å². The van der Waals surface area contributed by atoms with E-state index < -0.39 is 15.9 Å². The molecule has 1 aliphatic heterocycles. The summed E-state index contributed by atoms with van der Waals surface area (Å²) in [5.41, 5.74) is 5.98. The van der Waals surface area contributed by atoms with E-state index in [0.717, 1.165) is 49.7 Å². The molecule has 2 N–H and O–H groups in total. The van der Waals surface area contributed by atoms with Gasteiger partial charge in [0.15, 0.2) is 0 Å². The lowest BCUT2D eigenvalue weighted by Gasteiger charge is -2.36. The van der Waals surface area contributed by atoms with Crippen LogP contribution in [0, 0.1) is 6.92 Å². The predicted octanol–water partition coefficient (Wildman–Crippen LogP) is 8.43. The molecule has 1 aliphatic rings. The maximum absolute atomic E-state index is 13.7. The maximum Gasteiger partial charge on any atom is 0.268 e. The third-order valence-corrected chi connectivity index (χ3v) is 11.1. The van der Waals surface area contributed by atoms with Crippen LogP contribution in [-0.4, -0.2) is 63.5 Å². The standard InChI is InChI=1S/C44H42ClN5O5S/c1-32-29-38(19-21-41(32)46-23-28-54-43-13-7-8-22-47-43)56(52,53)48-44(51)40-20-18-36(30-42(40)55-37-10-3-2-4-11-37)50-26-24-49(25-27-50)31-34-9-5-6-12-39(34)33-14-16-35(45)17-15-33/h2-22,29-30,46H,23-28,31H2,1H3,(H,48,51). The molecule has 7 rings (SSSR count). The molecule has 56 heavy (non-hydrogen) atoms. The van der Waals surface area contributed by atoms with Gasteiger partial charge in [0.05, 0.1) is 10.5 Å². The number of rotatable bonds is 14. The first-order valence-electron chi connectivity index (χ1n) is 18.4. The van der Waals surface area contributed by atoms with E-state index in [1.165, 1.54) is 23.3 Å². The fourth-order valence-corrected chi connectivity index (χ4v) is 7.76. The number of aromatic nitrogens is 1. The van der Waals surface area contributed by atoms with Gasteiger partial charge in [-0.25, -0.2) is 18.1 Å². The van der Waals surface area contributed by atoms with Crippen LogP contribution in [0.15, 0.2) is 145 Å². The number of carbonyl (C=O) groups is 1. The molecule has 12 heteroatoms. The fourth-order valence-electron chi connectivity index (χ4n) is 6.58. The normalized spacial score (nSPS) is 13.2. The molecule has 1 amide bonds. The number of nitrogens with zero attached hydrogens (tertiary/aromatic N) is 3. The van der Waals surface area contributed by atoms with Crippen molar-refractivity contribution >= 4 is 38.9 Å². The number of hydrogen-bond donors (Lipinski definition) is 2. The molecular formula is C44H42ClN5O5S. The largest absolute Gasteiger partial charge is 0.476 e. The van der Waals surface area contributed by atoms with Crippen molar-refractivity contribution in [3.63, 3.8) is 0 Å². The Hall–Kier alpha value is -5.88. The molecule has 1 aromatic heterocycles. The zero-order valence-electron chi connectivity index (χ0n) is 30.9. The van der Waals surface area contributed by atoms with Crippen molar-refractivity contribution in [1.82, 2.24) is 14.6 Å². The van der Waals surface area contributed by atoms with Crippen LogP contribution in [0.2, 0.25) is 5.02 Å². The molecule has 1 saturated heterocycles. The van der Waals surface area contributed by atoms with Gasteiger partial charge in [-0.05, 0) is 89.8 Å². The zero-order chi connectivity index (χ0) is 38.9. The molecule has 5 aromatic carbocycles. The number of halogens is 1. The number of nitrogens with one attached hydrogen (secondary N) is 2. The number of piperazine rings is 1. The molecule has 0 bridgehead atoms. The van der Waals surface area contributed by atoms with Crippen molar-refractivity contribution in [1.29, 1.82) is 0 Å². The maximum atomic E-state index is 13.7. The van der Waals surface area contributed by atoms with Gasteiger partial charge in [-0.1, -0.05) is 72.3 Å². The molecule has 2 heterocycles. The van der Waals surface area contributed by atoms with Crippen LogP contribution in [-0.2, 0) is 16.6 Å². The number of anilines is 2. The monoisotopic (exact) mass is 787 g/mol. The van der Waals surface area contributed by atoms with E-state index in [4.69, 9.17) is 21.1 Å². The molecule has 1 fully saturated rings. The van der Waals surface area contributed by atoms with Gasteiger partial charge in [-0.3, -0.25) is 9.69 Å². The number of sulfonamides is 1. The number of pyridine rings is 1. The average Bonchev–Trinajstić information content (AvgIpc) is 3.21. The summed E-state index contributed by atoms with van der Waals surface area (Å²) in [4.78, 5) is 22.5. The van der Waals surface area contributed by atoms with Crippen molar-refractivity contribution in [2.45, 2.75) is 18.4 Å². The first kappa shape index (κ1) is 38.4. The number of aryl methyl sites for hydroxylation is 1. The highest BCUT2D eigenvalue weighted by atomic mass is 35.5. The number of amides is 1. The van der Waals surface area contributed by atoms with E-state index in [1.807, 2.05) is 66.7 Å². The average molecular weight is 788 g/mol. The highest BCUT2D eigenvalue weighted by molar-refractivity contribution is 7.90. The predicted molar refractivity (Wildman–Crippen MR) is 221 cm³/mol. The first-order chi connectivity index (χ1) is 27.2. The Kier molecular flexibility index (Phi) is 12.1. The molecule has 10 nitrogen and oxygen atoms in total. The summed E-state index contributed by atoms with van der Waals surface area (Å²) < 4.78 is 41.2. The Morgan fingerprint density at radius 1 is 0.821 bits per heavy atom. The second kappa shape index (κ2) is 17.7. The van der Waals surface area contributed by atoms with Gasteiger partial charge in [0.1, 0.15) is 18.1 Å². The summed E-state index contributed by atoms with van der Waals surface area (Å²) in [6.07, 6.45) is 1.66.